The zero-order chi connectivity index (χ0) is 22.3. The predicted octanol–water partition coefficient (Wildman–Crippen LogP) is 4.60. The summed E-state index contributed by atoms with van der Waals surface area (Å²) in [5.74, 6) is 1.42. The molecule has 0 aliphatic carbocycles. The van der Waals surface area contributed by atoms with Gasteiger partial charge in [0.15, 0.2) is 11.0 Å². The van der Waals surface area contributed by atoms with Crippen molar-refractivity contribution < 1.29 is 13.9 Å². The molecule has 0 fully saturated rings. The summed E-state index contributed by atoms with van der Waals surface area (Å²) >= 11 is 1.43. The summed E-state index contributed by atoms with van der Waals surface area (Å²) in [5, 5.41) is 12.2. The van der Waals surface area contributed by atoms with E-state index in [2.05, 4.69) is 20.5 Å². The van der Waals surface area contributed by atoms with E-state index in [1.54, 1.807) is 19.5 Å². The first kappa shape index (κ1) is 21.5. The molecule has 0 aliphatic heterocycles. The average molecular weight is 450 g/mol. The van der Waals surface area contributed by atoms with Crippen molar-refractivity contribution in [3.05, 3.63) is 78.9 Å². The molecule has 32 heavy (non-hydrogen) atoms. The van der Waals surface area contributed by atoms with Crippen LogP contribution in [0.3, 0.4) is 0 Å². The number of aromatic nitrogens is 4. The molecule has 4 rings (SSSR count). The van der Waals surface area contributed by atoms with Crippen molar-refractivity contribution in [2.75, 3.05) is 18.2 Å². The number of thioether (sulfide) groups is 1. The van der Waals surface area contributed by atoms with E-state index in [0.717, 1.165) is 17.0 Å². The van der Waals surface area contributed by atoms with Gasteiger partial charge < -0.3 is 10.1 Å². The van der Waals surface area contributed by atoms with E-state index in [1.165, 1.54) is 36.0 Å². The SMILES string of the molecule is COc1ccc(-n2c(SCCC(=O)Nc3ccc(F)cc3)nnc2-c2ccncc2)cc1. The van der Waals surface area contributed by atoms with Crippen molar-refractivity contribution in [3.63, 3.8) is 0 Å². The van der Waals surface area contributed by atoms with Crippen LogP contribution in [0.5, 0.6) is 5.75 Å². The number of nitrogens with one attached hydrogen (secondary N) is 1. The highest BCUT2D eigenvalue weighted by molar-refractivity contribution is 7.99. The number of rotatable bonds is 8. The van der Waals surface area contributed by atoms with Gasteiger partial charge in [-0.25, -0.2) is 4.39 Å². The standard InChI is InChI=1S/C23H20FN5O2S/c1-31-20-8-6-19(7-9-20)29-22(16-10-13-25-14-11-16)27-28-23(29)32-15-12-21(30)26-18-4-2-17(24)3-5-18/h2-11,13-14H,12,15H2,1H3,(H,26,30). The van der Waals surface area contributed by atoms with Gasteiger partial charge in [-0.05, 0) is 60.7 Å². The van der Waals surface area contributed by atoms with Crippen molar-refractivity contribution in [2.24, 2.45) is 0 Å². The van der Waals surface area contributed by atoms with Crippen LogP contribution in [0.1, 0.15) is 6.42 Å². The third kappa shape index (κ3) is 5.12. The van der Waals surface area contributed by atoms with E-state index in [-0.39, 0.29) is 18.1 Å². The second kappa shape index (κ2) is 10.1. The molecule has 9 heteroatoms. The zero-order valence-electron chi connectivity index (χ0n) is 17.2. The lowest BCUT2D eigenvalue weighted by Gasteiger charge is -2.11. The van der Waals surface area contributed by atoms with E-state index in [0.29, 0.717) is 22.4 Å². The highest BCUT2D eigenvalue weighted by Crippen LogP contribution is 2.29. The molecule has 0 aliphatic rings. The molecule has 7 nitrogen and oxygen atoms in total. The van der Waals surface area contributed by atoms with Gasteiger partial charge in [-0.15, -0.1) is 10.2 Å². The number of amides is 1. The number of methoxy groups -OCH3 is 1. The Morgan fingerprint density at radius 3 is 2.44 bits per heavy atom. The van der Waals surface area contributed by atoms with Crippen molar-refractivity contribution in [1.82, 2.24) is 19.7 Å². The van der Waals surface area contributed by atoms with Crippen LogP contribution >= 0.6 is 11.8 Å². The lowest BCUT2D eigenvalue weighted by atomic mass is 10.2. The van der Waals surface area contributed by atoms with Crippen LogP contribution in [0.4, 0.5) is 10.1 Å². The van der Waals surface area contributed by atoms with E-state index < -0.39 is 0 Å². The number of nitrogens with zero attached hydrogens (tertiary/aromatic N) is 4. The van der Waals surface area contributed by atoms with Crippen LogP contribution in [0, 0.1) is 5.82 Å². The minimum Gasteiger partial charge on any atom is -0.497 e. The molecule has 0 saturated carbocycles. The van der Waals surface area contributed by atoms with Crippen molar-refractivity contribution in [2.45, 2.75) is 11.6 Å². The summed E-state index contributed by atoms with van der Waals surface area (Å²) < 4.78 is 20.2. The van der Waals surface area contributed by atoms with Crippen LogP contribution in [-0.2, 0) is 4.79 Å². The molecule has 2 aromatic heterocycles. The van der Waals surface area contributed by atoms with Gasteiger partial charge in [0.05, 0.1) is 7.11 Å². The van der Waals surface area contributed by atoms with Crippen LogP contribution in [0.2, 0.25) is 0 Å². The van der Waals surface area contributed by atoms with Crippen molar-refractivity contribution >= 4 is 23.4 Å². The summed E-state index contributed by atoms with van der Waals surface area (Å²) in [6.07, 6.45) is 3.67. The Hall–Kier alpha value is -3.72. The molecule has 2 heterocycles. The topological polar surface area (TPSA) is 81.9 Å². The van der Waals surface area contributed by atoms with Crippen LogP contribution in [-0.4, -0.2) is 38.5 Å². The zero-order valence-corrected chi connectivity index (χ0v) is 18.1. The molecular formula is C23H20FN5O2S. The van der Waals surface area contributed by atoms with Gasteiger partial charge in [-0.1, -0.05) is 11.8 Å². The summed E-state index contributed by atoms with van der Waals surface area (Å²) in [6, 6.07) is 17.0. The van der Waals surface area contributed by atoms with Crippen molar-refractivity contribution in [3.8, 4) is 22.8 Å². The molecule has 2 aromatic carbocycles. The number of pyridine rings is 1. The minimum absolute atomic E-state index is 0.158. The maximum Gasteiger partial charge on any atom is 0.225 e. The molecule has 1 N–H and O–H groups in total. The van der Waals surface area contributed by atoms with Crippen molar-refractivity contribution in [1.29, 1.82) is 0 Å². The van der Waals surface area contributed by atoms with Gasteiger partial charge in [0.1, 0.15) is 11.6 Å². The fourth-order valence-corrected chi connectivity index (χ4v) is 3.90. The first-order chi connectivity index (χ1) is 15.6. The number of anilines is 1. The molecule has 0 radical (unpaired) electrons. The fraction of sp³-hybridized carbons (Fsp3) is 0.130. The van der Waals surface area contributed by atoms with Gasteiger partial charge in [-0.2, -0.15) is 0 Å². The summed E-state index contributed by atoms with van der Waals surface area (Å²) in [4.78, 5) is 16.3. The van der Waals surface area contributed by atoms with Gasteiger partial charge in [0.2, 0.25) is 5.91 Å². The second-order valence-corrected chi connectivity index (χ2v) is 7.79. The molecule has 0 saturated heterocycles. The second-order valence-electron chi connectivity index (χ2n) is 6.73. The fourth-order valence-electron chi connectivity index (χ4n) is 3.01. The number of carbonyl (C=O) groups excluding carboxylic acids is 1. The monoisotopic (exact) mass is 449 g/mol. The van der Waals surface area contributed by atoms with E-state index in [9.17, 15) is 9.18 Å². The van der Waals surface area contributed by atoms with Gasteiger partial charge >= 0.3 is 0 Å². The number of hydrogen-bond acceptors (Lipinski definition) is 6. The largest absolute Gasteiger partial charge is 0.497 e. The lowest BCUT2D eigenvalue weighted by molar-refractivity contribution is -0.115. The lowest BCUT2D eigenvalue weighted by Crippen LogP contribution is -2.12. The normalized spacial score (nSPS) is 10.7. The Kier molecular flexibility index (Phi) is 6.76. The number of carbonyl (C=O) groups is 1. The highest BCUT2D eigenvalue weighted by atomic mass is 32.2. The maximum absolute atomic E-state index is 13.0. The summed E-state index contributed by atoms with van der Waals surface area (Å²) in [7, 11) is 1.62. The summed E-state index contributed by atoms with van der Waals surface area (Å²) in [5.41, 5.74) is 2.31. The molecule has 0 bridgehead atoms. The minimum atomic E-state index is -0.346. The first-order valence-electron chi connectivity index (χ1n) is 9.82. The van der Waals surface area contributed by atoms with Gasteiger partial charge in [0, 0.05) is 41.5 Å². The predicted molar refractivity (Wildman–Crippen MR) is 122 cm³/mol. The third-order valence-corrected chi connectivity index (χ3v) is 5.52. The summed E-state index contributed by atoms with van der Waals surface area (Å²) in [6.45, 7) is 0. The van der Waals surface area contributed by atoms with E-state index in [4.69, 9.17) is 4.74 Å². The van der Waals surface area contributed by atoms with Gasteiger partial charge in [-0.3, -0.25) is 14.3 Å². The number of ether oxygens (including phenoxy) is 1. The Bertz CT molecular complexity index is 1180. The van der Waals surface area contributed by atoms with Crippen LogP contribution < -0.4 is 10.1 Å². The smallest absolute Gasteiger partial charge is 0.225 e. The Morgan fingerprint density at radius 2 is 1.75 bits per heavy atom. The molecule has 0 spiro atoms. The molecular weight excluding hydrogens is 429 g/mol. The highest BCUT2D eigenvalue weighted by Gasteiger charge is 2.17. The average Bonchev–Trinajstić information content (AvgIpc) is 3.25. The number of hydrogen-bond donors (Lipinski definition) is 1. The molecule has 162 valence electrons. The number of benzene rings is 2. The van der Waals surface area contributed by atoms with E-state index in [1.807, 2.05) is 41.0 Å². The van der Waals surface area contributed by atoms with Crippen LogP contribution in [0.15, 0.2) is 78.2 Å². The van der Waals surface area contributed by atoms with E-state index >= 15 is 0 Å². The maximum atomic E-state index is 13.0. The molecule has 1 amide bonds. The Labute approximate surface area is 188 Å². The Morgan fingerprint density at radius 1 is 1.03 bits per heavy atom. The number of halogens is 1. The quantitative estimate of drug-likeness (QED) is 0.396. The first-order valence-corrected chi connectivity index (χ1v) is 10.8. The Balaban J connectivity index is 1.51. The van der Waals surface area contributed by atoms with Crippen LogP contribution in [0.25, 0.3) is 17.1 Å². The third-order valence-electron chi connectivity index (χ3n) is 4.59. The molecule has 0 unspecified atom stereocenters. The molecule has 4 aromatic rings. The van der Waals surface area contributed by atoms with Gasteiger partial charge in [0.25, 0.3) is 0 Å². The molecule has 0 atom stereocenters.